The van der Waals surface area contributed by atoms with E-state index in [2.05, 4.69) is 27.2 Å². The number of benzene rings is 4. The predicted octanol–water partition coefficient (Wildman–Crippen LogP) is 6.43. The summed E-state index contributed by atoms with van der Waals surface area (Å²) in [6.45, 7) is 8.53. The van der Waals surface area contributed by atoms with E-state index >= 15 is 0 Å². The molecule has 1 fully saturated rings. The molecular weight excluding hydrogens is 514 g/mol. The van der Waals surface area contributed by atoms with Crippen molar-refractivity contribution in [1.29, 1.82) is 0 Å². The molecule has 0 atom stereocenters. The lowest BCUT2D eigenvalue weighted by Crippen LogP contribution is -2.46. The smallest absolute Gasteiger partial charge is 0.255 e. The average molecular weight is 552 g/mol. The van der Waals surface area contributed by atoms with Crippen molar-refractivity contribution in [1.82, 2.24) is 4.90 Å². The monoisotopic (exact) mass is 551 g/mol. The van der Waals surface area contributed by atoms with Crippen LogP contribution in [0.3, 0.4) is 0 Å². The second kappa shape index (κ2) is 12.8. The van der Waals surface area contributed by atoms with Crippen LogP contribution in [0.2, 0.25) is 0 Å². The number of amides is 1. The predicted molar refractivity (Wildman–Crippen MR) is 164 cm³/mol. The number of ether oxygens (including phenoxy) is 2. The van der Waals surface area contributed by atoms with Crippen LogP contribution in [-0.4, -0.2) is 55.3 Å². The zero-order valence-corrected chi connectivity index (χ0v) is 23.8. The van der Waals surface area contributed by atoms with Gasteiger partial charge in [-0.15, -0.1) is 0 Å². The molecule has 0 aromatic heterocycles. The summed E-state index contributed by atoms with van der Waals surface area (Å²) in [5.41, 5.74) is 5.64. The SMILES string of the molecule is COc1ccc(NC(=O)c2ccc(N3CCN(Cc4cc(OC(C)C)cc(-c5cccc(O)c5)c4)CC3)cc2)cc1. The van der Waals surface area contributed by atoms with Crippen LogP contribution >= 0.6 is 0 Å². The van der Waals surface area contributed by atoms with Crippen molar-refractivity contribution in [2.75, 3.05) is 43.5 Å². The minimum Gasteiger partial charge on any atom is -0.508 e. The van der Waals surface area contributed by atoms with E-state index in [1.54, 1.807) is 19.2 Å². The number of phenols is 1. The van der Waals surface area contributed by atoms with Gasteiger partial charge in [0.05, 0.1) is 13.2 Å². The van der Waals surface area contributed by atoms with Crippen molar-refractivity contribution in [3.8, 4) is 28.4 Å². The summed E-state index contributed by atoms with van der Waals surface area (Å²) in [6, 6.07) is 28.8. The first-order chi connectivity index (χ1) is 19.9. The zero-order chi connectivity index (χ0) is 28.8. The maximum atomic E-state index is 12.7. The summed E-state index contributed by atoms with van der Waals surface area (Å²) < 4.78 is 11.2. The molecule has 1 heterocycles. The molecule has 7 heteroatoms. The van der Waals surface area contributed by atoms with E-state index < -0.39 is 0 Å². The quantitative estimate of drug-likeness (QED) is 0.250. The molecule has 0 unspecified atom stereocenters. The average Bonchev–Trinajstić information content (AvgIpc) is 2.97. The van der Waals surface area contributed by atoms with Crippen LogP contribution in [-0.2, 0) is 6.54 Å². The van der Waals surface area contributed by atoms with Crippen molar-refractivity contribution in [2.24, 2.45) is 0 Å². The summed E-state index contributed by atoms with van der Waals surface area (Å²) in [7, 11) is 1.62. The molecule has 212 valence electrons. The topological polar surface area (TPSA) is 74.3 Å². The maximum Gasteiger partial charge on any atom is 0.255 e. The van der Waals surface area contributed by atoms with Crippen LogP contribution < -0.4 is 19.7 Å². The molecule has 1 aliphatic rings. The Kier molecular flexibility index (Phi) is 8.75. The lowest BCUT2D eigenvalue weighted by atomic mass is 10.0. The lowest BCUT2D eigenvalue weighted by Gasteiger charge is -2.36. The molecule has 2 N–H and O–H groups in total. The van der Waals surface area contributed by atoms with Gasteiger partial charge in [0.25, 0.3) is 5.91 Å². The third-order valence-electron chi connectivity index (χ3n) is 7.14. The Hall–Kier alpha value is -4.49. The molecule has 5 rings (SSSR count). The Morgan fingerprint density at radius 1 is 0.854 bits per heavy atom. The number of carbonyl (C=O) groups excluding carboxylic acids is 1. The minimum atomic E-state index is -0.139. The fourth-order valence-corrected chi connectivity index (χ4v) is 5.07. The Balaban J connectivity index is 1.19. The lowest BCUT2D eigenvalue weighted by molar-refractivity contribution is 0.102. The standard InChI is InChI=1S/C34H37N3O4/c1-24(2)41-33-20-25(19-28(22-33)27-5-4-6-31(38)21-27)23-36-15-17-37(18-16-36)30-11-7-26(8-12-30)34(39)35-29-9-13-32(40-3)14-10-29/h4-14,19-22,24,38H,15-18,23H2,1-3H3,(H,35,39). The van der Waals surface area contributed by atoms with Crippen LogP contribution in [0.5, 0.6) is 17.2 Å². The van der Waals surface area contributed by atoms with Crippen molar-refractivity contribution in [3.63, 3.8) is 0 Å². The molecule has 0 spiro atoms. The number of carbonyl (C=O) groups is 1. The van der Waals surface area contributed by atoms with Gasteiger partial charge >= 0.3 is 0 Å². The van der Waals surface area contributed by atoms with Crippen LogP contribution in [0.25, 0.3) is 11.1 Å². The highest BCUT2D eigenvalue weighted by molar-refractivity contribution is 6.04. The third kappa shape index (κ3) is 7.38. The van der Waals surface area contributed by atoms with Crippen LogP contribution in [0.15, 0.2) is 91.0 Å². The molecule has 4 aromatic rings. The van der Waals surface area contributed by atoms with E-state index in [9.17, 15) is 9.90 Å². The van der Waals surface area contributed by atoms with Crippen molar-refractivity contribution >= 4 is 17.3 Å². The second-order valence-electron chi connectivity index (χ2n) is 10.6. The molecule has 1 amide bonds. The van der Waals surface area contributed by atoms with Gasteiger partial charge in [0.2, 0.25) is 0 Å². The number of nitrogens with one attached hydrogen (secondary N) is 1. The number of methoxy groups -OCH3 is 1. The summed E-state index contributed by atoms with van der Waals surface area (Å²) in [5.74, 6) is 1.70. The Labute approximate surface area is 241 Å². The Bertz CT molecular complexity index is 1460. The normalized spacial score (nSPS) is 13.7. The van der Waals surface area contributed by atoms with Gasteiger partial charge in [-0.1, -0.05) is 12.1 Å². The molecule has 1 aliphatic heterocycles. The van der Waals surface area contributed by atoms with Gasteiger partial charge < -0.3 is 24.8 Å². The second-order valence-corrected chi connectivity index (χ2v) is 10.6. The molecule has 0 saturated carbocycles. The maximum absolute atomic E-state index is 12.7. The number of rotatable bonds is 9. The number of phenolic OH excluding ortho intramolecular Hbond substituents is 1. The van der Waals surface area contributed by atoms with Crippen LogP contribution in [0, 0.1) is 0 Å². The number of aromatic hydroxyl groups is 1. The zero-order valence-electron chi connectivity index (χ0n) is 23.8. The van der Waals surface area contributed by atoms with Crippen molar-refractivity contribution in [2.45, 2.75) is 26.5 Å². The number of hydrogen-bond donors (Lipinski definition) is 2. The van der Waals surface area contributed by atoms with E-state index in [4.69, 9.17) is 9.47 Å². The molecule has 0 radical (unpaired) electrons. The van der Waals surface area contributed by atoms with E-state index in [1.165, 1.54) is 5.56 Å². The summed E-state index contributed by atoms with van der Waals surface area (Å²) in [4.78, 5) is 17.5. The van der Waals surface area contributed by atoms with Gasteiger partial charge in [-0.2, -0.15) is 0 Å². The third-order valence-corrected chi connectivity index (χ3v) is 7.14. The van der Waals surface area contributed by atoms with Crippen LogP contribution in [0.1, 0.15) is 29.8 Å². The van der Waals surface area contributed by atoms with Gasteiger partial charge in [-0.3, -0.25) is 9.69 Å². The van der Waals surface area contributed by atoms with E-state index in [0.29, 0.717) is 5.56 Å². The van der Waals surface area contributed by atoms with Crippen molar-refractivity contribution in [3.05, 3.63) is 102 Å². The van der Waals surface area contributed by atoms with Gasteiger partial charge in [0.15, 0.2) is 0 Å². The molecule has 41 heavy (non-hydrogen) atoms. The molecule has 0 aliphatic carbocycles. The first kappa shape index (κ1) is 28.1. The van der Waals surface area contributed by atoms with E-state index in [0.717, 1.165) is 66.7 Å². The Morgan fingerprint density at radius 2 is 1.59 bits per heavy atom. The van der Waals surface area contributed by atoms with Gasteiger partial charge in [-0.05, 0) is 109 Å². The largest absolute Gasteiger partial charge is 0.508 e. The minimum absolute atomic E-state index is 0.0747. The molecule has 7 nitrogen and oxygen atoms in total. The fraction of sp³-hybridized carbons (Fsp3) is 0.265. The highest BCUT2D eigenvalue weighted by atomic mass is 16.5. The molecular formula is C34H37N3O4. The first-order valence-electron chi connectivity index (χ1n) is 14.0. The highest BCUT2D eigenvalue weighted by Crippen LogP contribution is 2.30. The summed E-state index contributed by atoms with van der Waals surface area (Å²) >= 11 is 0. The number of piperazine rings is 1. The fourth-order valence-electron chi connectivity index (χ4n) is 5.07. The number of nitrogens with zero attached hydrogens (tertiary/aromatic N) is 2. The van der Waals surface area contributed by atoms with Gasteiger partial charge in [0.1, 0.15) is 17.2 Å². The summed E-state index contributed by atoms with van der Waals surface area (Å²) in [6.07, 6.45) is 0.0747. The van der Waals surface area contributed by atoms with Gasteiger partial charge in [-0.25, -0.2) is 0 Å². The highest BCUT2D eigenvalue weighted by Gasteiger charge is 2.19. The molecule has 4 aromatic carbocycles. The summed E-state index contributed by atoms with van der Waals surface area (Å²) in [5, 5.41) is 12.9. The van der Waals surface area contributed by atoms with Crippen molar-refractivity contribution < 1.29 is 19.4 Å². The number of hydrogen-bond acceptors (Lipinski definition) is 6. The number of anilines is 2. The van der Waals surface area contributed by atoms with Crippen LogP contribution in [0.4, 0.5) is 11.4 Å². The molecule has 0 bridgehead atoms. The first-order valence-corrected chi connectivity index (χ1v) is 14.0. The van der Waals surface area contributed by atoms with E-state index in [-0.39, 0.29) is 17.8 Å². The van der Waals surface area contributed by atoms with E-state index in [1.807, 2.05) is 80.6 Å². The van der Waals surface area contributed by atoms with Gasteiger partial charge in [0, 0.05) is 49.7 Å². The molecule has 1 saturated heterocycles. The Morgan fingerprint density at radius 3 is 2.24 bits per heavy atom.